The second-order valence-electron chi connectivity index (χ2n) is 4.02. The van der Waals surface area contributed by atoms with Crippen molar-refractivity contribution >= 4 is 24.7 Å². The van der Waals surface area contributed by atoms with E-state index < -0.39 is 19.3 Å². The number of nitrogens with two attached hydrogens (primary N) is 1. The molecule has 11 heteroatoms. The zero-order valence-electron chi connectivity index (χ0n) is 10.0. The Balaban J connectivity index is 2.29. The molecule has 2 rings (SSSR count). The van der Waals surface area contributed by atoms with E-state index in [1.165, 1.54) is 10.9 Å². The standard InChI is InChI=1S/C9H12N5O5P/c10-9-12-7-6(8(16)13-9)11-4-14(7)3-5(15)1-2-20(17,18)19/h1-2,4-5,15H,3H2,(H2,17,18,19)(H3,10,12,13,16)/t5-/m1/s1. The lowest BCUT2D eigenvalue weighted by atomic mass is 10.3. The molecular weight excluding hydrogens is 289 g/mol. The number of imidazole rings is 1. The minimum absolute atomic E-state index is 0.0605. The highest BCUT2D eigenvalue weighted by Crippen LogP contribution is 2.36. The number of aliphatic hydroxyl groups excluding tert-OH is 1. The number of nitrogens with zero attached hydrogens (tertiary/aromatic N) is 3. The molecule has 2 aromatic heterocycles. The predicted molar refractivity (Wildman–Crippen MR) is 69.8 cm³/mol. The molecule has 6 N–H and O–H groups in total. The van der Waals surface area contributed by atoms with E-state index in [4.69, 9.17) is 15.5 Å². The van der Waals surface area contributed by atoms with Gasteiger partial charge in [0.05, 0.1) is 19.0 Å². The lowest BCUT2D eigenvalue weighted by molar-refractivity contribution is 0.202. The first-order valence-corrected chi connectivity index (χ1v) is 7.08. The monoisotopic (exact) mass is 301 g/mol. The van der Waals surface area contributed by atoms with Crippen LogP contribution < -0.4 is 11.3 Å². The zero-order chi connectivity index (χ0) is 14.9. The Kier molecular flexibility index (Phi) is 3.73. The van der Waals surface area contributed by atoms with Crippen molar-refractivity contribution in [1.82, 2.24) is 19.5 Å². The van der Waals surface area contributed by atoms with Gasteiger partial charge in [0, 0.05) is 5.82 Å². The maximum atomic E-state index is 11.5. The topological polar surface area (TPSA) is 167 Å². The molecule has 0 bridgehead atoms. The number of aromatic amines is 1. The summed E-state index contributed by atoms with van der Waals surface area (Å²) in [5.41, 5.74) is 5.14. The van der Waals surface area contributed by atoms with Crippen LogP contribution in [0.5, 0.6) is 0 Å². The Morgan fingerprint density at radius 1 is 1.55 bits per heavy atom. The Bertz CT molecular complexity index is 760. The first kappa shape index (κ1) is 14.4. The Labute approximate surface area is 111 Å². The number of hydrogen-bond donors (Lipinski definition) is 5. The molecular formula is C9H12N5O5P. The van der Waals surface area contributed by atoms with Crippen LogP contribution in [0.4, 0.5) is 5.95 Å². The molecule has 10 nitrogen and oxygen atoms in total. The van der Waals surface area contributed by atoms with Crippen LogP contribution in [0.3, 0.4) is 0 Å². The van der Waals surface area contributed by atoms with Crippen molar-refractivity contribution in [2.24, 2.45) is 0 Å². The Morgan fingerprint density at radius 3 is 2.90 bits per heavy atom. The summed E-state index contributed by atoms with van der Waals surface area (Å²) in [4.78, 5) is 38.8. The number of rotatable bonds is 4. The van der Waals surface area contributed by atoms with E-state index in [-0.39, 0.29) is 23.7 Å². The lowest BCUT2D eigenvalue weighted by Gasteiger charge is -2.07. The van der Waals surface area contributed by atoms with Crippen molar-refractivity contribution in [3.63, 3.8) is 0 Å². The van der Waals surface area contributed by atoms with Gasteiger partial charge in [-0.05, 0) is 6.08 Å². The van der Waals surface area contributed by atoms with Crippen molar-refractivity contribution in [3.8, 4) is 0 Å². The first-order chi connectivity index (χ1) is 9.26. The average molecular weight is 301 g/mol. The van der Waals surface area contributed by atoms with Gasteiger partial charge in [0.1, 0.15) is 0 Å². The van der Waals surface area contributed by atoms with Gasteiger partial charge in [0.25, 0.3) is 5.56 Å². The van der Waals surface area contributed by atoms with Gasteiger partial charge in [-0.1, -0.05) is 0 Å². The van der Waals surface area contributed by atoms with Crippen LogP contribution in [0.2, 0.25) is 0 Å². The summed E-state index contributed by atoms with van der Waals surface area (Å²) in [7, 11) is -4.33. The van der Waals surface area contributed by atoms with Gasteiger partial charge in [-0.3, -0.25) is 14.3 Å². The molecule has 0 unspecified atom stereocenters. The summed E-state index contributed by atoms with van der Waals surface area (Å²) in [6, 6.07) is 0. The fraction of sp³-hybridized carbons (Fsp3) is 0.222. The van der Waals surface area contributed by atoms with Crippen LogP contribution in [0.1, 0.15) is 0 Å². The molecule has 0 radical (unpaired) electrons. The van der Waals surface area contributed by atoms with Crippen LogP contribution in [0.15, 0.2) is 23.0 Å². The van der Waals surface area contributed by atoms with Crippen molar-refractivity contribution in [1.29, 1.82) is 0 Å². The predicted octanol–water partition coefficient (Wildman–Crippen LogP) is -1.25. The zero-order valence-corrected chi connectivity index (χ0v) is 10.9. The van der Waals surface area contributed by atoms with E-state index >= 15 is 0 Å². The van der Waals surface area contributed by atoms with E-state index in [0.29, 0.717) is 5.82 Å². The van der Waals surface area contributed by atoms with Gasteiger partial charge in [-0.15, -0.1) is 0 Å². The third-order valence-electron chi connectivity index (χ3n) is 2.38. The normalized spacial score (nSPS) is 14.2. The summed E-state index contributed by atoms with van der Waals surface area (Å²) in [6.07, 6.45) is 1.06. The number of aromatic nitrogens is 4. The maximum absolute atomic E-state index is 11.5. The molecule has 0 amide bonds. The third kappa shape index (κ3) is 3.31. The Hall–Kier alpha value is -2.00. The smallest absolute Gasteiger partial charge is 0.348 e. The number of nitrogen functional groups attached to an aromatic ring is 1. The number of H-pyrrole nitrogens is 1. The molecule has 20 heavy (non-hydrogen) atoms. The second-order valence-corrected chi connectivity index (χ2v) is 5.49. The van der Waals surface area contributed by atoms with Crippen LogP contribution in [0, 0.1) is 0 Å². The van der Waals surface area contributed by atoms with E-state index in [0.717, 1.165) is 6.08 Å². The molecule has 0 aliphatic carbocycles. The molecule has 0 aromatic carbocycles. The molecule has 0 aliphatic heterocycles. The quantitative estimate of drug-likeness (QED) is 0.437. The van der Waals surface area contributed by atoms with E-state index in [9.17, 15) is 14.5 Å². The second kappa shape index (κ2) is 5.17. The van der Waals surface area contributed by atoms with Crippen molar-refractivity contribution < 1.29 is 19.5 Å². The highest BCUT2D eigenvalue weighted by Gasteiger charge is 2.12. The number of nitrogens with one attached hydrogen (secondary N) is 1. The molecule has 0 spiro atoms. The largest absolute Gasteiger partial charge is 0.387 e. The highest BCUT2D eigenvalue weighted by molar-refractivity contribution is 7.55. The molecule has 2 aromatic rings. The van der Waals surface area contributed by atoms with Crippen molar-refractivity contribution in [2.75, 3.05) is 5.73 Å². The van der Waals surface area contributed by atoms with Gasteiger partial charge in [0.2, 0.25) is 5.95 Å². The van der Waals surface area contributed by atoms with E-state index in [2.05, 4.69) is 15.0 Å². The summed E-state index contributed by atoms with van der Waals surface area (Å²) in [6.45, 7) is -0.0805. The molecule has 1 atom stereocenters. The van der Waals surface area contributed by atoms with Crippen molar-refractivity contribution in [2.45, 2.75) is 12.6 Å². The number of fused-ring (bicyclic) bond motifs is 1. The molecule has 0 saturated carbocycles. The maximum Gasteiger partial charge on any atom is 0.348 e. The molecule has 108 valence electrons. The summed E-state index contributed by atoms with van der Waals surface area (Å²) in [5.74, 6) is 0.510. The van der Waals surface area contributed by atoms with Gasteiger partial charge < -0.3 is 25.2 Å². The van der Waals surface area contributed by atoms with Crippen LogP contribution in [0.25, 0.3) is 11.2 Å². The number of anilines is 1. The summed E-state index contributed by atoms with van der Waals surface area (Å²) >= 11 is 0. The first-order valence-electron chi connectivity index (χ1n) is 5.39. The minimum Gasteiger partial charge on any atom is -0.387 e. The third-order valence-corrected chi connectivity index (χ3v) is 2.94. The Morgan fingerprint density at radius 2 is 2.25 bits per heavy atom. The fourth-order valence-corrected chi connectivity index (χ4v) is 2.00. The van der Waals surface area contributed by atoms with Crippen LogP contribution >= 0.6 is 7.60 Å². The van der Waals surface area contributed by atoms with Gasteiger partial charge >= 0.3 is 7.60 Å². The molecule has 2 heterocycles. The molecule has 0 fully saturated rings. The van der Waals surface area contributed by atoms with Crippen molar-refractivity contribution in [3.05, 3.63) is 28.6 Å². The fourth-order valence-electron chi connectivity index (χ4n) is 1.58. The number of hydrogen-bond acceptors (Lipinski definition) is 6. The van der Waals surface area contributed by atoms with E-state index in [1.807, 2.05) is 0 Å². The van der Waals surface area contributed by atoms with Crippen LogP contribution in [-0.2, 0) is 11.1 Å². The lowest BCUT2D eigenvalue weighted by Crippen LogP contribution is -2.15. The van der Waals surface area contributed by atoms with E-state index in [1.54, 1.807) is 0 Å². The van der Waals surface area contributed by atoms with Crippen LogP contribution in [-0.4, -0.2) is 40.5 Å². The number of aliphatic hydroxyl groups is 1. The average Bonchev–Trinajstić information content (AvgIpc) is 2.69. The molecule has 0 aliphatic rings. The summed E-state index contributed by atoms with van der Waals surface area (Å²) in [5, 5.41) is 9.66. The van der Waals surface area contributed by atoms with Gasteiger partial charge in [-0.2, -0.15) is 4.98 Å². The summed E-state index contributed by atoms with van der Waals surface area (Å²) < 4.78 is 12.0. The SMILES string of the molecule is Nc1nc2c(ncn2C[C@H](O)C=CP(=O)(O)O)c(=O)[nH]1. The minimum atomic E-state index is -4.33. The van der Waals surface area contributed by atoms with Gasteiger partial charge in [0.15, 0.2) is 11.2 Å². The molecule has 0 saturated heterocycles. The highest BCUT2D eigenvalue weighted by atomic mass is 31.2. The van der Waals surface area contributed by atoms with Gasteiger partial charge in [-0.25, -0.2) is 4.98 Å².